The van der Waals surface area contributed by atoms with Gasteiger partial charge < -0.3 is 20.3 Å². The molecule has 0 spiro atoms. The summed E-state index contributed by atoms with van der Waals surface area (Å²) in [6.07, 6.45) is 8.31. The van der Waals surface area contributed by atoms with Crippen molar-refractivity contribution in [3.05, 3.63) is 42.1 Å². The van der Waals surface area contributed by atoms with Gasteiger partial charge in [-0.15, -0.1) is 0 Å². The van der Waals surface area contributed by atoms with Crippen LogP contribution in [0, 0.1) is 0 Å². The Labute approximate surface area is 200 Å². The first-order valence-electron chi connectivity index (χ1n) is 12.2. The number of carbonyl (C=O) groups is 1. The van der Waals surface area contributed by atoms with Crippen LogP contribution < -0.4 is 15.5 Å². The van der Waals surface area contributed by atoms with E-state index in [2.05, 4.69) is 51.7 Å². The molecule has 8 nitrogen and oxygen atoms in total. The van der Waals surface area contributed by atoms with Crippen molar-refractivity contribution in [3.8, 4) is 0 Å². The van der Waals surface area contributed by atoms with E-state index in [4.69, 9.17) is 14.7 Å². The maximum atomic E-state index is 11.6. The third-order valence-corrected chi connectivity index (χ3v) is 6.63. The van der Waals surface area contributed by atoms with E-state index in [0.29, 0.717) is 35.6 Å². The van der Waals surface area contributed by atoms with Crippen molar-refractivity contribution in [1.29, 1.82) is 0 Å². The zero-order chi connectivity index (χ0) is 23.5. The number of pyridine rings is 1. The Morgan fingerprint density at radius 3 is 2.62 bits per heavy atom. The first-order valence-corrected chi connectivity index (χ1v) is 12.2. The van der Waals surface area contributed by atoms with Crippen LogP contribution in [0.4, 0.5) is 23.1 Å². The minimum Gasteiger partial charge on any atom is -0.375 e. The van der Waals surface area contributed by atoms with Crippen LogP contribution in [0.25, 0.3) is 11.0 Å². The lowest BCUT2D eigenvalue weighted by molar-refractivity contribution is -0.114. The van der Waals surface area contributed by atoms with Crippen molar-refractivity contribution >= 4 is 40.1 Å². The minimum atomic E-state index is -0.145. The Morgan fingerprint density at radius 1 is 1.09 bits per heavy atom. The van der Waals surface area contributed by atoms with E-state index >= 15 is 0 Å². The van der Waals surface area contributed by atoms with Crippen LogP contribution in [-0.2, 0) is 9.53 Å². The van der Waals surface area contributed by atoms with E-state index in [-0.39, 0.29) is 12.0 Å². The van der Waals surface area contributed by atoms with Crippen LogP contribution >= 0.6 is 0 Å². The van der Waals surface area contributed by atoms with E-state index in [0.717, 1.165) is 24.2 Å². The second-order valence-corrected chi connectivity index (χ2v) is 9.36. The van der Waals surface area contributed by atoms with E-state index in [1.54, 1.807) is 6.20 Å². The molecule has 3 heterocycles. The lowest BCUT2D eigenvalue weighted by Crippen LogP contribution is -2.42. The zero-order valence-corrected chi connectivity index (χ0v) is 19.9. The highest BCUT2D eigenvalue weighted by Crippen LogP contribution is 2.34. The lowest BCUT2D eigenvalue weighted by atomic mass is 9.84. The van der Waals surface area contributed by atoms with Gasteiger partial charge in [-0.2, -0.15) is 9.97 Å². The quantitative estimate of drug-likeness (QED) is 0.553. The summed E-state index contributed by atoms with van der Waals surface area (Å²) in [6.45, 7) is 5.64. The van der Waals surface area contributed by atoms with Crippen LogP contribution in [0.3, 0.4) is 0 Å². The molecule has 8 heteroatoms. The lowest BCUT2D eigenvalue weighted by Gasteiger charge is -2.31. The molecule has 1 atom stereocenters. The van der Waals surface area contributed by atoms with Crippen molar-refractivity contribution in [1.82, 2.24) is 15.0 Å². The highest BCUT2D eigenvalue weighted by molar-refractivity contribution is 5.95. The molecule has 0 bridgehead atoms. The van der Waals surface area contributed by atoms with Crippen molar-refractivity contribution < 1.29 is 9.53 Å². The topological polar surface area (TPSA) is 92.3 Å². The molecule has 2 aromatic heterocycles. The smallest absolute Gasteiger partial charge is 0.229 e. The van der Waals surface area contributed by atoms with Gasteiger partial charge >= 0.3 is 0 Å². The Balaban J connectivity index is 1.48. The molecule has 178 valence electrons. The number of morpholine rings is 1. The molecule has 1 aromatic carbocycles. The standard InChI is InChI=1S/C26H32N6O2/c1-17-16-32(12-13-34-17)26-30-24-23(14-22(15-27-24)28-18(2)33)25(31-26)29-21-10-8-20(9-11-21)19-6-4-3-5-7-19/h8-11,14-15,17,19H,3-7,12-13,16H2,1-2H3,(H,28,33)(H,27,29,30,31)/t17-/m1/s1. The Hall–Kier alpha value is -3.26. The fraction of sp³-hybridized carbons (Fsp3) is 0.462. The van der Waals surface area contributed by atoms with E-state index < -0.39 is 0 Å². The average molecular weight is 461 g/mol. The van der Waals surface area contributed by atoms with Gasteiger partial charge in [0.1, 0.15) is 5.82 Å². The number of anilines is 4. The summed E-state index contributed by atoms with van der Waals surface area (Å²) < 4.78 is 5.69. The molecule has 5 rings (SSSR count). The van der Waals surface area contributed by atoms with E-state index in [9.17, 15) is 4.79 Å². The Morgan fingerprint density at radius 2 is 1.88 bits per heavy atom. The minimum absolute atomic E-state index is 0.117. The molecular formula is C26H32N6O2. The molecule has 0 radical (unpaired) electrons. The number of carbonyl (C=O) groups excluding carboxylic acids is 1. The summed E-state index contributed by atoms with van der Waals surface area (Å²) in [6, 6.07) is 10.6. The normalized spacial score (nSPS) is 19.2. The Kier molecular flexibility index (Phi) is 6.58. The first-order chi connectivity index (χ1) is 16.5. The number of benzene rings is 1. The van der Waals surface area contributed by atoms with Crippen molar-refractivity contribution in [3.63, 3.8) is 0 Å². The molecule has 1 amide bonds. The predicted molar refractivity (Wildman–Crippen MR) is 135 cm³/mol. The SMILES string of the molecule is CC(=O)Nc1cnc2nc(N3CCO[C@H](C)C3)nc(Nc3ccc(C4CCCCC4)cc3)c2c1. The van der Waals surface area contributed by atoms with Crippen molar-refractivity contribution in [2.45, 2.75) is 58.0 Å². The van der Waals surface area contributed by atoms with Gasteiger partial charge in [0, 0.05) is 25.7 Å². The number of amides is 1. The zero-order valence-electron chi connectivity index (χ0n) is 19.9. The van der Waals surface area contributed by atoms with E-state index in [1.807, 2.05) is 6.07 Å². The van der Waals surface area contributed by atoms with Crippen LogP contribution in [-0.4, -0.2) is 46.7 Å². The van der Waals surface area contributed by atoms with Gasteiger partial charge in [0.05, 0.1) is 30.0 Å². The largest absolute Gasteiger partial charge is 0.375 e. The van der Waals surface area contributed by atoms with Gasteiger partial charge in [-0.05, 0) is 49.4 Å². The van der Waals surface area contributed by atoms with Gasteiger partial charge in [-0.3, -0.25) is 4.79 Å². The molecule has 2 fully saturated rings. The maximum absolute atomic E-state index is 11.6. The number of ether oxygens (including phenoxy) is 1. The molecule has 2 aliphatic rings. The number of nitrogens with zero attached hydrogens (tertiary/aromatic N) is 4. The summed E-state index contributed by atoms with van der Waals surface area (Å²) in [5.74, 6) is 1.82. The Bertz CT molecular complexity index is 1160. The predicted octanol–water partition coefficient (Wildman–Crippen LogP) is 5.00. The third kappa shape index (κ3) is 5.12. The van der Waals surface area contributed by atoms with Crippen LogP contribution in [0.1, 0.15) is 57.4 Å². The summed E-state index contributed by atoms with van der Waals surface area (Å²) >= 11 is 0. The fourth-order valence-electron chi connectivity index (χ4n) is 4.92. The number of fused-ring (bicyclic) bond motifs is 1. The summed E-state index contributed by atoms with van der Waals surface area (Å²) in [4.78, 5) is 27.8. The number of aromatic nitrogens is 3. The molecule has 1 saturated carbocycles. The third-order valence-electron chi connectivity index (χ3n) is 6.63. The highest BCUT2D eigenvalue weighted by atomic mass is 16.5. The average Bonchev–Trinajstić information content (AvgIpc) is 2.85. The van der Waals surface area contributed by atoms with Gasteiger partial charge in [0.15, 0.2) is 5.65 Å². The number of nitrogens with one attached hydrogen (secondary N) is 2. The van der Waals surface area contributed by atoms with Crippen LogP contribution in [0.5, 0.6) is 0 Å². The van der Waals surface area contributed by atoms with Crippen LogP contribution in [0.15, 0.2) is 36.5 Å². The second kappa shape index (κ2) is 9.93. The highest BCUT2D eigenvalue weighted by Gasteiger charge is 2.21. The monoisotopic (exact) mass is 460 g/mol. The van der Waals surface area contributed by atoms with Gasteiger partial charge in [0.25, 0.3) is 0 Å². The molecule has 1 saturated heterocycles. The molecule has 34 heavy (non-hydrogen) atoms. The first kappa shape index (κ1) is 22.5. The molecular weight excluding hydrogens is 428 g/mol. The number of hydrogen-bond donors (Lipinski definition) is 2. The van der Waals surface area contributed by atoms with Crippen LogP contribution in [0.2, 0.25) is 0 Å². The molecule has 0 unspecified atom stereocenters. The molecule has 3 aromatic rings. The maximum Gasteiger partial charge on any atom is 0.229 e. The van der Waals surface area contributed by atoms with Crippen molar-refractivity contribution in [2.75, 3.05) is 35.2 Å². The summed E-state index contributed by atoms with van der Waals surface area (Å²) in [5, 5.41) is 7.05. The number of rotatable bonds is 5. The van der Waals surface area contributed by atoms with Crippen molar-refractivity contribution in [2.24, 2.45) is 0 Å². The van der Waals surface area contributed by atoms with E-state index in [1.165, 1.54) is 44.6 Å². The summed E-state index contributed by atoms with van der Waals surface area (Å²) in [7, 11) is 0. The van der Waals surface area contributed by atoms with Gasteiger partial charge in [-0.25, -0.2) is 4.98 Å². The second-order valence-electron chi connectivity index (χ2n) is 9.36. The molecule has 1 aliphatic carbocycles. The van der Waals surface area contributed by atoms with Gasteiger partial charge in [0.2, 0.25) is 11.9 Å². The fourth-order valence-corrected chi connectivity index (χ4v) is 4.92. The van der Waals surface area contributed by atoms with Gasteiger partial charge in [-0.1, -0.05) is 31.4 Å². The summed E-state index contributed by atoms with van der Waals surface area (Å²) in [5.41, 5.74) is 3.58. The molecule has 1 aliphatic heterocycles. The molecule has 2 N–H and O–H groups in total. The number of hydrogen-bond acceptors (Lipinski definition) is 7.